The Morgan fingerprint density at radius 3 is 2.07 bits per heavy atom. The van der Waals surface area contributed by atoms with E-state index in [2.05, 4.69) is 11.9 Å². The smallest absolute Gasteiger partial charge is 0.320 e. The monoisotopic (exact) mass is 427 g/mol. The number of hydrogen-bond acceptors (Lipinski definition) is 8. The molecule has 10 heteroatoms. The van der Waals surface area contributed by atoms with E-state index in [1.807, 2.05) is 0 Å². The molecule has 2 N–H and O–H groups in total. The van der Waals surface area contributed by atoms with Gasteiger partial charge in [0.25, 0.3) is 0 Å². The fourth-order valence-corrected chi connectivity index (χ4v) is 3.75. The highest BCUT2D eigenvalue weighted by molar-refractivity contribution is 5.80. The van der Waals surface area contributed by atoms with Crippen molar-refractivity contribution in [3.05, 3.63) is 12.7 Å². The van der Waals surface area contributed by atoms with E-state index in [-0.39, 0.29) is 44.2 Å². The molecule has 0 aromatic rings. The summed E-state index contributed by atoms with van der Waals surface area (Å²) in [6.45, 7) is 4.97. The topological polar surface area (TPSA) is 125 Å². The highest BCUT2D eigenvalue weighted by Crippen LogP contribution is 2.29. The highest BCUT2D eigenvalue weighted by Gasteiger charge is 2.39. The lowest BCUT2D eigenvalue weighted by Crippen LogP contribution is -2.60. The molecule has 0 aromatic carbocycles. The van der Waals surface area contributed by atoms with Crippen molar-refractivity contribution in [2.75, 3.05) is 40.4 Å². The van der Waals surface area contributed by atoms with E-state index < -0.39 is 23.9 Å². The molecular weight excluding hydrogens is 394 g/mol. The Balaban J connectivity index is 3.19. The molecule has 1 aliphatic rings. The molecule has 10 nitrogen and oxygen atoms in total. The van der Waals surface area contributed by atoms with Crippen LogP contribution in [-0.4, -0.2) is 97.2 Å². The van der Waals surface area contributed by atoms with Crippen LogP contribution in [0.3, 0.4) is 0 Å². The van der Waals surface area contributed by atoms with Crippen molar-refractivity contribution in [3.8, 4) is 0 Å². The Morgan fingerprint density at radius 2 is 1.60 bits per heavy atom. The average molecular weight is 427 g/mol. The number of carboxylic acid groups (broad SMARTS) is 1. The first kappa shape index (κ1) is 25.6. The number of aliphatic carboxylic acids is 1. The molecule has 0 aromatic heterocycles. The Bertz CT molecular complexity index is 608. The summed E-state index contributed by atoms with van der Waals surface area (Å²) >= 11 is 0. The molecule has 1 aliphatic carbocycles. The molecule has 0 spiro atoms. The van der Waals surface area contributed by atoms with Crippen LogP contribution < -0.4 is 5.32 Å². The Kier molecular flexibility index (Phi) is 11.1. The van der Waals surface area contributed by atoms with Gasteiger partial charge in [-0.3, -0.25) is 29.0 Å². The van der Waals surface area contributed by atoms with Crippen molar-refractivity contribution in [3.63, 3.8) is 0 Å². The van der Waals surface area contributed by atoms with Gasteiger partial charge in [-0.2, -0.15) is 0 Å². The molecule has 0 radical (unpaired) electrons. The summed E-state index contributed by atoms with van der Waals surface area (Å²) in [6.07, 6.45) is 4.53. The number of carbonyl (C=O) groups is 4. The predicted octanol–water partition coefficient (Wildman–Crippen LogP) is 0.0229. The Morgan fingerprint density at radius 1 is 1.07 bits per heavy atom. The van der Waals surface area contributed by atoms with Crippen molar-refractivity contribution < 1.29 is 33.8 Å². The lowest BCUT2D eigenvalue weighted by atomic mass is 9.87. The van der Waals surface area contributed by atoms with E-state index in [4.69, 9.17) is 9.47 Å². The minimum Gasteiger partial charge on any atom is -0.480 e. The molecule has 3 atom stereocenters. The molecule has 1 fully saturated rings. The van der Waals surface area contributed by atoms with E-state index in [0.29, 0.717) is 12.8 Å². The van der Waals surface area contributed by atoms with E-state index in [1.165, 1.54) is 21.1 Å². The van der Waals surface area contributed by atoms with Gasteiger partial charge < -0.3 is 19.9 Å². The van der Waals surface area contributed by atoms with Gasteiger partial charge in [-0.25, -0.2) is 0 Å². The van der Waals surface area contributed by atoms with Crippen LogP contribution in [-0.2, 0) is 28.7 Å². The van der Waals surface area contributed by atoms with Crippen molar-refractivity contribution in [2.24, 2.45) is 0 Å². The van der Waals surface area contributed by atoms with Crippen molar-refractivity contribution in [1.82, 2.24) is 15.1 Å². The van der Waals surface area contributed by atoms with Crippen LogP contribution >= 0.6 is 0 Å². The largest absolute Gasteiger partial charge is 0.480 e. The second-order valence-electron chi connectivity index (χ2n) is 7.26. The zero-order valence-electron chi connectivity index (χ0n) is 18.0. The second kappa shape index (κ2) is 13.0. The summed E-state index contributed by atoms with van der Waals surface area (Å²) in [7, 11) is 2.53. The van der Waals surface area contributed by atoms with Gasteiger partial charge >= 0.3 is 17.9 Å². The molecule has 1 saturated carbocycles. The first-order valence-corrected chi connectivity index (χ1v) is 9.98. The first-order valence-electron chi connectivity index (χ1n) is 9.98. The van der Waals surface area contributed by atoms with Crippen LogP contribution in [0, 0.1) is 0 Å². The normalized spacial score (nSPS) is 19.8. The van der Waals surface area contributed by atoms with Gasteiger partial charge in [0.1, 0.15) is 6.04 Å². The number of carbonyl (C=O) groups excluding carboxylic acids is 3. The van der Waals surface area contributed by atoms with Crippen molar-refractivity contribution in [2.45, 2.75) is 50.7 Å². The molecule has 0 saturated heterocycles. The number of nitrogens with one attached hydrogen (secondary N) is 1. The third-order valence-electron chi connectivity index (χ3n) is 5.33. The number of carboxylic acids is 1. The molecule has 1 amide bonds. The summed E-state index contributed by atoms with van der Waals surface area (Å²) in [5.74, 6) is -2.39. The lowest BCUT2D eigenvalue weighted by molar-refractivity contribution is -0.151. The van der Waals surface area contributed by atoms with Gasteiger partial charge in [0.2, 0.25) is 5.91 Å². The van der Waals surface area contributed by atoms with Gasteiger partial charge in [-0.1, -0.05) is 18.9 Å². The van der Waals surface area contributed by atoms with Crippen LogP contribution in [0.2, 0.25) is 0 Å². The van der Waals surface area contributed by atoms with E-state index in [0.717, 1.165) is 12.8 Å². The van der Waals surface area contributed by atoms with Crippen LogP contribution in [0.15, 0.2) is 12.7 Å². The van der Waals surface area contributed by atoms with E-state index in [1.54, 1.807) is 15.9 Å². The number of nitrogens with zero attached hydrogens (tertiary/aromatic N) is 2. The maximum absolute atomic E-state index is 12.4. The van der Waals surface area contributed by atoms with Gasteiger partial charge in [0.15, 0.2) is 0 Å². The van der Waals surface area contributed by atoms with Crippen LogP contribution in [0.4, 0.5) is 0 Å². The van der Waals surface area contributed by atoms with Crippen LogP contribution in [0.1, 0.15) is 32.6 Å². The molecule has 3 unspecified atom stereocenters. The van der Waals surface area contributed by atoms with Crippen molar-refractivity contribution >= 4 is 23.8 Å². The maximum Gasteiger partial charge on any atom is 0.320 e. The minimum absolute atomic E-state index is 0.118. The third-order valence-corrected chi connectivity index (χ3v) is 5.33. The minimum atomic E-state index is -1.05. The van der Waals surface area contributed by atoms with Crippen molar-refractivity contribution in [1.29, 1.82) is 0 Å². The van der Waals surface area contributed by atoms with Gasteiger partial charge in [0, 0.05) is 18.6 Å². The molecule has 30 heavy (non-hydrogen) atoms. The van der Waals surface area contributed by atoms with Crippen LogP contribution in [0.5, 0.6) is 0 Å². The summed E-state index contributed by atoms with van der Waals surface area (Å²) in [5.41, 5.74) is 0. The third kappa shape index (κ3) is 7.75. The summed E-state index contributed by atoms with van der Waals surface area (Å²) < 4.78 is 9.53. The molecule has 0 bridgehead atoms. The van der Waals surface area contributed by atoms with E-state index >= 15 is 0 Å². The molecule has 1 rings (SSSR count). The number of ether oxygens (including phenoxy) is 2. The number of rotatable bonds is 12. The Hall–Kier alpha value is -2.46. The number of hydrogen-bond donors (Lipinski definition) is 2. The maximum atomic E-state index is 12.4. The molecular formula is C20H33N3O7. The SMILES string of the molecule is C=CCNC(=O)CN(C(C)C(=O)O)C1CCCCC1N(CC(=O)OC)CC(=O)OC. The predicted molar refractivity (Wildman–Crippen MR) is 109 cm³/mol. The summed E-state index contributed by atoms with van der Waals surface area (Å²) in [4.78, 5) is 51.3. The number of esters is 2. The average Bonchev–Trinajstić information content (AvgIpc) is 2.74. The zero-order valence-corrected chi connectivity index (χ0v) is 18.0. The van der Waals surface area contributed by atoms with E-state index in [9.17, 15) is 24.3 Å². The van der Waals surface area contributed by atoms with Gasteiger partial charge in [-0.05, 0) is 19.8 Å². The Labute approximate surface area is 177 Å². The summed E-state index contributed by atoms with van der Waals surface area (Å²) in [5, 5.41) is 12.3. The quantitative estimate of drug-likeness (QED) is 0.327. The number of amides is 1. The van der Waals surface area contributed by atoms with Gasteiger partial charge in [-0.15, -0.1) is 6.58 Å². The fraction of sp³-hybridized carbons (Fsp3) is 0.700. The number of methoxy groups -OCH3 is 2. The van der Waals surface area contributed by atoms with Crippen LogP contribution in [0.25, 0.3) is 0 Å². The zero-order chi connectivity index (χ0) is 22.7. The summed E-state index contributed by atoms with van der Waals surface area (Å²) in [6, 6.07) is -1.58. The highest BCUT2D eigenvalue weighted by atomic mass is 16.5. The fourth-order valence-electron chi connectivity index (χ4n) is 3.75. The molecule has 0 heterocycles. The molecule has 170 valence electrons. The lowest BCUT2D eigenvalue weighted by Gasteiger charge is -2.45. The molecule has 0 aliphatic heterocycles. The second-order valence-corrected chi connectivity index (χ2v) is 7.26. The van der Waals surface area contributed by atoms with Gasteiger partial charge in [0.05, 0.1) is 33.9 Å². The standard InChI is InChI=1S/C20H33N3O7/c1-5-10-21-17(24)11-23(14(2)20(27)28)16-9-7-6-8-15(16)22(12-18(25)29-3)13-19(26)30-4/h5,14-16H,1,6-13H2,2-4H3,(H,21,24)(H,27,28). The first-order chi connectivity index (χ1) is 14.2.